The molecule has 0 aromatic carbocycles. The number of H-pyrrole nitrogens is 1. The molecule has 2 aromatic rings. The molecule has 1 N–H and O–H groups in total. The third-order valence-corrected chi connectivity index (χ3v) is 4.30. The Kier molecular flexibility index (Phi) is 4.64. The Morgan fingerprint density at radius 2 is 2.43 bits per heavy atom. The van der Waals surface area contributed by atoms with E-state index in [1.807, 2.05) is 17.5 Å². The molecule has 1 unspecified atom stereocenters. The van der Waals surface area contributed by atoms with Crippen LogP contribution in [0.15, 0.2) is 17.5 Å². The van der Waals surface area contributed by atoms with Crippen molar-refractivity contribution in [3.63, 3.8) is 0 Å². The van der Waals surface area contributed by atoms with Crippen molar-refractivity contribution in [3.8, 4) is 10.7 Å². The highest BCUT2D eigenvalue weighted by molar-refractivity contribution is 7.13. The molecule has 7 heteroatoms. The molecule has 0 radical (unpaired) electrons. The maximum Gasteiger partial charge on any atom is 0.191 e. The third-order valence-electron chi connectivity index (χ3n) is 3.44. The number of nitrogens with zero attached hydrogens (tertiary/aromatic N) is 4. The molecule has 1 saturated heterocycles. The van der Waals surface area contributed by atoms with Gasteiger partial charge in [0.25, 0.3) is 0 Å². The minimum atomic E-state index is 0.272. The van der Waals surface area contributed by atoms with E-state index in [2.05, 4.69) is 39.1 Å². The summed E-state index contributed by atoms with van der Waals surface area (Å²) >= 11 is 1.66. The zero-order valence-corrected chi connectivity index (χ0v) is 13.3. The Morgan fingerprint density at radius 1 is 1.52 bits per heavy atom. The molecule has 0 amide bonds. The Balaban J connectivity index is 1.59. The summed E-state index contributed by atoms with van der Waals surface area (Å²) in [6.45, 7) is 4.41. The summed E-state index contributed by atoms with van der Waals surface area (Å²) in [4.78, 5) is 10.2. The van der Waals surface area contributed by atoms with Gasteiger partial charge >= 0.3 is 0 Å². The van der Waals surface area contributed by atoms with Gasteiger partial charge in [-0.15, -0.1) is 11.3 Å². The van der Waals surface area contributed by atoms with E-state index >= 15 is 0 Å². The predicted octanol–water partition coefficient (Wildman–Crippen LogP) is 1.30. The SMILES string of the molecule is CN(C)CC1CN(Cc2nc(-c3cccs3)n[nH]2)CCO1. The summed E-state index contributed by atoms with van der Waals surface area (Å²) in [6.07, 6.45) is 0.272. The fourth-order valence-electron chi connectivity index (χ4n) is 2.54. The van der Waals surface area contributed by atoms with Gasteiger partial charge in [0.05, 0.1) is 24.1 Å². The molecule has 0 aliphatic carbocycles. The first-order valence-corrected chi connectivity index (χ1v) is 8.02. The maximum atomic E-state index is 5.79. The van der Waals surface area contributed by atoms with Gasteiger partial charge in [-0.2, -0.15) is 5.10 Å². The van der Waals surface area contributed by atoms with Crippen molar-refractivity contribution in [3.05, 3.63) is 23.3 Å². The topological polar surface area (TPSA) is 57.3 Å². The van der Waals surface area contributed by atoms with Crippen molar-refractivity contribution in [1.82, 2.24) is 25.0 Å². The Hall–Kier alpha value is -1.28. The zero-order chi connectivity index (χ0) is 14.7. The Labute approximate surface area is 128 Å². The third kappa shape index (κ3) is 3.88. The van der Waals surface area contributed by atoms with Crippen molar-refractivity contribution < 1.29 is 4.74 Å². The second kappa shape index (κ2) is 6.65. The van der Waals surface area contributed by atoms with Crippen LogP contribution in [0.5, 0.6) is 0 Å². The summed E-state index contributed by atoms with van der Waals surface area (Å²) in [5, 5.41) is 9.39. The average molecular weight is 307 g/mol. The number of morpholine rings is 1. The minimum Gasteiger partial charge on any atom is -0.374 e. The first-order valence-electron chi connectivity index (χ1n) is 7.14. The molecule has 2 aromatic heterocycles. The smallest absolute Gasteiger partial charge is 0.191 e. The van der Waals surface area contributed by atoms with Crippen LogP contribution >= 0.6 is 11.3 Å². The van der Waals surface area contributed by atoms with E-state index in [1.165, 1.54) is 0 Å². The van der Waals surface area contributed by atoms with Crippen molar-refractivity contribution >= 4 is 11.3 Å². The number of thiophene rings is 1. The summed E-state index contributed by atoms with van der Waals surface area (Å²) in [7, 11) is 4.15. The Morgan fingerprint density at radius 3 is 3.19 bits per heavy atom. The lowest BCUT2D eigenvalue weighted by molar-refractivity contribution is -0.0413. The van der Waals surface area contributed by atoms with Crippen LogP contribution < -0.4 is 0 Å². The van der Waals surface area contributed by atoms with Gasteiger partial charge in [-0.1, -0.05) is 6.07 Å². The number of nitrogens with one attached hydrogen (secondary N) is 1. The molecule has 1 aliphatic heterocycles. The van der Waals surface area contributed by atoms with Crippen molar-refractivity contribution in [1.29, 1.82) is 0 Å². The standard InChI is InChI=1S/C14H21N5OS/c1-18(2)8-11-9-19(5-6-20-11)10-13-15-14(17-16-13)12-4-3-7-21-12/h3-4,7,11H,5-6,8-10H2,1-2H3,(H,15,16,17). The molecule has 3 rings (SSSR count). The van der Waals surface area contributed by atoms with E-state index < -0.39 is 0 Å². The van der Waals surface area contributed by atoms with Gasteiger partial charge in [0, 0.05) is 19.6 Å². The van der Waals surface area contributed by atoms with Crippen LogP contribution in [0, 0.1) is 0 Å². The second-order valence-corrected chi connectivity index (χ2v) is 6.52. The van der Waals surface area contributed by atoms with Gasteiger partial charge < -0.3 is 9.64 Å². The molecular formula is C14H21N5OS. The highest BCUT2D eigenvalue weighted by Gasteiger charge is 2.22. The highest BCUT2D eigenvalue weighted by atomic mass is 32.1. The van der Waals surface area contributed by atoms with Gasteiger partial charge in [0.15, 0.2) is 5.82 Å². The van der Waals surface area contributed by atoms with Crippen LogP contribution in [-0.4, -0.2) is 71.4 Å². The van der Waals surface area contributed by atoms with Crippen molar-refractivity contribution in [2.75, 3.05) is 40.3 Å². The van der Waals surface area contributed by atoms with E-state index in [4.69, 9.17) is 4.74 Å². The number of rotatable bonds is 5. The summed E-state index contributed by atoms with van der Waals surface area (Å²) in [5.74, 6) is 1.71. The van der Waals surface area contributed by atoms with Gasteiger partial charge in [-0.25, -0.2) is 4.98 Å². The van der Waals surface area contributed by atoms with E-state index in [9.17, 15) is 0 Å². The molecule has 1 atom stereocenters. The molecular weight excluding hydrogens is 286 g/mol. The highest BCUT2D eigenvalue weighted by Crippen LogP contribution is 2.20. The minimum absolute atomic E-state index is 0.272. The number of ether oxygens (including phenoxy) is 1. The fourth-order valence-corrected chi connectivity index (χ4v) is 3.19. The largest absolute Gasteiger partial charge is 0.374 e. The first-order chi connectivity index (χ1) is 10.2. The number of hydrogen-bond acceptors (Lipinski definition) is 6. The summed E-state index contributed by atoms with van der Waals surface area (Å²) in [6, 6.07) is 4.06. The van der Waals surface area contributed by atoms with E-state index in [0.717, 1.165) is 49.3 Å². The summed E-state index contributed by atoms with van der Waals surface area (Å²) in [5.41, 5.74) is 0. The average Bonchev–Trinajstić information content (AvgIpc) is 3.08. The molecule has 1 aliphatic rings. The van der Waals surface area contributed by atoms with E-state index in [0.29, 0.717) is 0 Å². The molecule has 0 bridgehead atoms. The number of aromatic nitrogens is 3. The van der Waals surface area contributed by atoms with Crippen LogP contribution in [0.25, 0.3) is 10.7 Å². The quantitative estimate of drug-likeness (QED) is 0.902. The Bertz CT molecular complexity index is 553. The molecule has 3 heterocycles. The maximum absolute atomic E-state index is 5.79. The first kappa shape index (κ1) is 14.6. The zero-order valence-electron chi connectivity index (χ0n) is 12.5. The number of hydrogen-bond donors (Lipinski definition) is 1. The van der Waals surface area contributed by atoms with Crippen LogP contribution in [0.3, 0.4) is 0 Å². The number of likely N-dealkylation sites (N-methyl/N-ethyl adjacent to an activating group) is 1. The van der Waals surface area contributed by atoms with Gasteiger partial charge in [0.2, 0.25) is 0 Å². The van der Waals surface area contributed by atoms with Crippen LogP contribution in [0.1, 0.15) is 5.82 Å². The molecule has 0 spiro atoms. The lowest BCUT2D eigenvalue weighted by Crippen LogP contribution is -2.46. The molecule has 21 heavy (non-hydrogen) atoms. The number of aromatic amines is 1. The van der Waals surface area contributed by atoms with Crippen molar-refractivity contribution in [2.45, 2.75) is 12.6 Å². The van der Waals surface area contributed by atoms with Gasteiger partial charge in [0.1, 0.15) is 5.82 Å². The predicted molar refractivity (Wildman–Crippen MR) is 83.3 cm³/mol. The molecule has 6 nitrogen and oxygen atoms in total. The van der Waals surface area contributed by atoms with Crippen LogP contribution in [0.4, 0.5) is 0 Å². The lowest BCUT2D eigenvalue weighted by Gasteiger charge is -2.33. The summed E-state index contributed by atoms with van der Waals surface area (Å²) < 4.78 is 5.79. The van der Waals surface area contributed by atoms with E-state index in [-0.39, 0.29) is 6.10 Å². The van der Waals surface area contributed by atoms with Crippen LogP contribution in [-0.2, 0) is 11.3 Å². The van der Waals surface area contributed by atoms with Gasteiger partial charge in [-0.3, -0.25) is 10.00 Å². The molecule has 1 fully saturated rings. The normalized spacial score (nSPS) is 20.2. The van der Waals surface area contributed by atoms with Gasteiger partial charge in [-0.05, 0) is 25.5 Å². The fraction of sp³-hybridized carbons (Fsp3) is 0.571. The monoisotopic (exact) mass is 307 g/mol. The van der Waals surface area contributed by atoms with Crippen LogP contribution in [0.2, 0.25) is 0 Å². The van der Waals surface area contributed by atoms with Crippen molar-refractivity contribution in [2.24, 2.45) is 0 Å². The van der Waals surface area contributed by atoms with E-state index in [1.54, 1.807) is 11.3 Å². The second-order valence-electron chi connectivity index (χ2n) is 5.57. The lowest BCUT2D eigenvalue weighted by atomic mass is 10.2. The molecule has 0 saturated carbocycles. The molecule has 114 valence electrons.